The SMILES string of the molecule is CC1CCc2cc(C3=C(F)N=C(C4C5CC5c5cc(-c6cc(Cl)ccc6-n6cc(Cl)nn6)cc(=O)n54)C3)ccc2C1. The predicted molar refractivity (Wildman–Crippen MR) is 159 cm³/mol. The Kier molecular flexibility index (Phi) is 5.67. The number of fused-ring (bicyclic) bond motifs is 4. The maximum Gasteiger partial charge on any atom is 0.251 e. The Hall–Kier alpha value is -3.55. The van der Waals surface area contributed by atoms with Crippen LogP contribution in [0.5, 0.6) is 0 Å². The third-order valence-corrected chi connectivity index (χ3v) is 9.61. The highest BCUT2D eigenvalue weighted by Gasteiger charge is 2.55. The van der Waals surface area contributed by atoms with E-state index in [-0.39, 0.29) is 28.6 Å². The summed E-state index contributed by atoms with van der Waals surface area (Å²) >= 11 is 12.4. The molecule has 206 valence electrons. The molecule has 6 nitrogen and oxygen atoms in total. The van der Waals surface area contributed by atoms with Crippen LogP contribution in [0.25, 0.3) is 22.4 Å². The van der Waals surface area contributed by atoms with Crippen LogP contribution in [0.3, 0.4) is 0 Å². The first-order chi connectivity index (χ1) is 19.8. The molecule has 4 aromatic rings. The smallest absolute Gasteiger partial charge is 0.251 e. The first-order valence-electron chi connectivity index (χ1n) is 14.1. The lowest BCUT2D eigenvalue weighted by molar-refractivity contribution is 0.501. The van der Waals surface area contributed by atoms with Crippen molar-refractivity contribution in [3.63, 3.8) is 0 Å². The maximum absolute atomic E-state index is 15.4. The molecule has 0 amide bonds. The summed E-state index contributed by atoms with van der Waals surface area (Å²) < 4.78 is 18.8. The van der Waals surface area contributed by atoms with Gasteiger partial charge >= 0.3 is 0 Å². The number of allylic oxidation sites excluding steroid dienone is 1. The van der Waals surface area contributed by atoms with Gasteiger partial charge in [-0.3, -0.25) is 4.79 Å². The van der Waals surface area contributed by atoms with Crippen LogP contribution in [-0.4, -0.2) is 25.3 Å². The van der Waals surface area contributed by atoms with Crippen LogP contribution < -0.4 is 5.56 Å². The molecule has 0 saturated heterocycles. The largest absolute Gasteiger partial charge is 0.303 e. The second kappa shape index (κ2) is 9.23. The number of rotatable bonds is 4. The molecule has 4 unspecified atom stereocenters. The summed E-state index contributed by atoms with van der Waals surface area (Å²) in [6.45, 7) is 2.28. The molecular weight excluding hydrogens is 560 g/mol. The third-order valence-electron chi connectivity index (χ3n) is 9.20. The van der Waals surface area contributed by atoms with Gasteiger partial charge in [0.1, 0.15) is 0 Å². The van der Waals surface area contributed by atoms with E-state index in [1.807, 2.05) is 22.8 Å². The van der Waals surface area contributed by atoms with Crippen molar-refractivity contribution in [3.8, 4) is 16.8 Å². The van der Waals surface area contributed by atoms with Gasteiger partial charge in [-0.25, -0.2) is 9.67 Å². The minimum atomic E-state index is -0.422. The van der Waals surface area contributed by atoms with E-state index >= 15 is 4.39 Å². The zero-order chi connectivity index (χ0) is 28.0. The first kappa shape index (κ1) is 25.2. The second-order valence-corrected chi connectivity index (χ2v) is 12.7. The van der Waals surface area contributed by atoms with Crippen LogP contribution in [0.4, 0.5) is 4.39 Å². The number of pyridine rings is 1. The second-order valence-electron chi connectivity index (χ2n) is 11.9. The molecule has 0 bridgehead atoms. The molecule has 1 fully saturated rings. The van der Waals surface area contributed by atoms with Gasteiger partial charge in [-0.2, -0.15) is 4.39 Å². The summed E-state index contributed by atoms with van der Waals surface area (Å²) in [5, 5.41) is 8.81. The first-order valence-corrected chi connectivity index (χ1v) is 14.8. The number of hydrogen-bond acceptors (Lipinski definition) is 4. The average molecular weight is 586 g/mol. The molecule has 2 aliphatic heterocycles. The van der Waals surface area contributed by atoms with Gasteiger partial charge in [0, 0.05) is 46.0 Å². The highest BCUT2D eigenvalue weighted by molar-refractivity contribution is 6.31. The molecule has 2 aromatic carbocycles. The summed E-state index contributed by atoms with van der Waals surface area (Å²) in [4.78, 5) is 18.1. The number of aryl methyl sites for hydroxylation is 1. The molecule has 9 heteroatoms. The average Bonchev–Trinajstić information content (AvgIpc) is 3.27. The van der Waals surface area contributed by atoms with Gasteiger partial charge in [0.05, 0.1) is 17.9 Å². The zero-order valence-electron chi connectivity index (χ0n) is 22.3. The number of hydrogen-bond donors (Lipinski definition) is 0. The maximum atomic E-state index is 15.4. The standard InChI is InChI=1S/C32H26Cl2FN5O/c1-16-2-3-18-9-19(5-4-17(18)8-16)23-14-26(36-32(23)35)31-25-13-24(25)28-10-20(11-30(41)40(28)31)22-12-21(33)6-7-27(22)39-15-29(34)37-38-39/h4-7,9-12,15-16,24-25,31H,2-3,8,13-14H2,1H3. The van der Waals surface area contributed by atoms with Crippen molar-refractivity contribution >= 4 is 34.5 Å². The van der Waals surface area contributed by atoms with E-state index in [0.29, 0.717) is 22.9 Å². The summed E-state index contributed by atoms with van der Waals surface area (Å²) in [6.07, 6.45) is 6.27. The number of aliphatic imine (C=N–C) groups is 1. The Labute approximate surface area is 246 Å². The van der Waals surface area contributed by atoms with Crippen LogP contribution in [0.2, 0.25) is 10.2 Å². The van der Waals surface area contributed by atoms with Gasteiger partial charge in [-0.15, -0.1) is 5.10 Å². The third kappa shape index (κ3) is 4.12. The zero-order valence-corrected chi connectivity index (χ0v) is 23.8. The molecule has 41 heavy (non-hydrogen) atoms. The molecule has 2 aromatic heterocycles. The molecule has 4 aliphatic rings. The van der Waals surface area contributed by atoms with Crippen LogP contribution in [0, 0.1) is 11.8 Å². The van der Waals surface area contributed by atoms with E-state index in [1.54, 1.807) is 23.0 Å². The Morgan fingerprint density at radius 2 is 1.90 bits per heavy atom. The van der Waals surface area contributed by atoms with E-state index in [1.165, 1.54) is 11.1 Å². The minimum absolute atomic E-state index is 0.128. The summed E-state index contributed by atoms with van der Waals surface area (Å²) in [5.41, 5.74) is 8.03. The van der Waals surface area contributed by atoms with Crippen molar-refractivity contribution < 1.29 is 4.39 Å². The molecule has 0 spiro atoms. The molecule has 0 N–H and O–H groups in total. The molecular formula is C32H26Cl2FN5O. The van der Waals surface area contributed by atoms with Crippen molar-refractivity contribution in [1.82, 2.24) is 19.6 Å². The van der Waals surface area contributed by atoms with E-state index in [4.69, 9.17) is 23.2 Å². The molecule has 2 aliphatic carbocycles. The van der Waals surface area contributed by atoms with Gasteiger partial charge < -0.3 is 4.57 Å². The van der Waals surface area contributed by atoms with Crippen molar-refractivity contribution in [2.24, 2.45) is 16.8 Å². The Bertz CT molecular complexity index is 1890. The molecule has 8 rings (SSSR count). The van der Waals surface area contributed by atoms with Crippen LogP contribution in [-0.2, 0) is 12.8 Å². The lowest BCUT2D eigenvalue weighted by Gasteiger charge is -2.22. The summed E-state index contributed by atoms with van der Waals surface area (Å²) in [5.74, 6) is 0.762. The minimum Gasteiger partial charge on any atom is -0.303 e. The fourth-order valence-electron chi connectivity index (χ4n) is 7.13. The molecule has 4 atom stereocenters. The fraction of sp³-hybridized carbons (Fsp3) is 0.312. The fourth-order valence-corrected chi connectivity index (χ4v) is 7.43. The monoisotopic (exact) mass is 585 g/mol. The van der Waals surface area contributed by atoms with Gasteiger partial charge in [0.25, 0.3) is 5.56 Å². The highest BCUT2D eigenvalue weighted by Crippen LogP contribution is 2.60. The van der Waals surface area contributed by atoms with E-state index < -0.39 is 5.95 Å². The Morgan fingerprint density at radius 1 is 1.02 bits per heavy atom. The summed E-state index contributed by atoms with van der Waals surface area (Å²) in [6, 6.07) is 15.2. The van der Waals surface area contributed by atoms with Gasteiger partial charge in [-0.1, -0.05) is 53.5 Å². The lowest BCUT2D eigenvalue weighted by Crippen LogP contribution is -2.29. The van der Waals surface area contributed by atoms with E-state index in [2.05, 4.69) is 40.4 Å². The Morgan fingerprint density at radius 3 is 2.73 bits per heavy atom. The quantitative estimate of drug-likeness (QED) is 0.235. The van der Waals surface area contributed by atoms with E-state index in [0.717, 1.165) is 59.5 Å². The van der Waals surface area contributed by atoms with Gasteiger partial charge in [0.15, 0.2) is 5.15 Å². The van der Waals surface area contributed by atoms with Crippen molar-refractivity contribution in [2.45, 2.75) is 51.0 Å². The van der Waals surface area contributed by atoms with Crippen LogP contribution >= 0.6 is 23.2 Å². The summed E-state index contributed by atoms with van der Waals surface area (Å²) in [7, 11) is 0. The molecule has 0 radical (unpaired) electrons. The molecule has 1 saturated carbocycles. The topological polar surface area (TPSA) is 65.1 Å². The lowest BCUT2D eigenvalue weighted by atomic mass is 9.83. The highest BCUT2D eigenvalue weighted by atomic mass is 35.5. The van der Waals surface area contributed by atoms with Crippen molar-refractivity contribution in [2.75, 3.05) is 0 Å². The van der Waals surface area contributed by atoms with Crippen LogP contribution in [0.1, 0.15) is 60.5 Å². The Balaban J connectivity index is 1.13. The molecule has 4 heterocycles. The van der Waals surface area contributed by atoms with Gasteiger partial charge in [-0.05, 0) is 84.0 Å². The number of halogens is 3. The van der Waals surface area contributed by atoms with Crippen molar-refractivity contribution in [1.29, 1.82) is 0 Å². The number of nitrogens with zero attached hydrogens (tertiary/aromatic N) is 5. The number of aromatic nitrogens is 4. The predicted octanol–water partition coefficient (Wildman–Crippen LogP) is 7.37. The normalized spacial score (nSPS) is 24.2. The van der Waals surface area contributed by atoms with Crippen LogP contribution in [0.15, 0.2) is 70.5 Å². The van der Waals surface area contributed by atoms with E-state index in [9.17, 15) is 4.79 Å². The number of benzene rings is 2. The van der Waals surface area contributed by atoms with Crippen molar-refractivity contribution in [3.05, 3.63) is 104 Å². The van der Waals surface area contributed by atoms with Gasteiger partial charge in [0.2, 0.25) is 5.95 Å².